The summed E-state index contributed by atoms with van der Waals surface area (Å²) in [7, 11) is 5.95. The Balaban J connectivity index is 3.96. The fourth-order valence-electron chi connectivity index (χ4n) is 12.6. The molecule has 0 rings (SSSR count). The van der Waals surface area contributed by atoms with Crippen LogP contribution in [0.15, 0.2) is 158 Å². The first kappa shape index (κ1) is 102. The Morgan fingerprint density at radius 1 is 0.280 bits per heavy atom. The standard InChI is InChI=1S/C98H167NO8/c1-6-8-10-12-14-16-18-20-22-24-26-28-30-32-34-36-38-40-42-44-46-48-50-52-54-56-58-60-62-64-66-68-70-72-74-76-78-80-82-84-86-88-95(100)105-92-94(93-106-98(97(102)103)104-91-90-99(3,4)5)107-96(101)89-87-85-83-81-79-77-75-73-71-69-67-65-63-61-59-57-55-53-51-49-47-45-43-41-39-37-35-33-31-29-27-25-23-21-19-17-15-13-11-9-7-2/h8-11,14-17,20-23,26-29,32-35,38-41,45,47,94,98H,6-7,12-13,18-19,24-25,30-31,36-37,42-44,46,48-93H2,1-5H3/b10-8-,11-9-,16-14-,17-15-,22-20-,23-21-,28-26-,29-27-,34-32-,35-33-,40-38-,41-39-,47-45-. The first-order valence-electron chi connectivity index (χ1n) is 44.6. The van der Waals surface area contributed by atoms with Crippen LogP contribution >= 0.6 is 0 Å². The number of rotatable bonds is 82. The van der Waals surface area contributed by atoms with Crippen LogP contribution in [0.25, 0.3) is 0 Å². The number of carboxylic acids is 1. The van der Waals surface area contributed by atoms with Gasteiger partial charge in [0.2, 0.25) is 0 Å². The zero-order chi connectivity index (χ0) is 77.4. The quantitative estimate of drug-likeness (QED) is 0.0195. The van der Waals surface area contributed by atoms with E-state index < -0.39 is 24.3 Å². The molecule has 2 unspecified atom stereocenters. The molecule has 9 heteroatoms. The topological polar surface area (TPSA) is 111 Å². The monoisotopic (exact) mass is 1490 g/mol. The number of nitrogens with zero attached hydrogens (tertiary/aromatic N) is 1. The third-order valence-electron chi connectivity index (χ3n) is 19.3. The van der Waals surface area contributed by atoms with E-state index in [4.69, 9.17) is 18.9 Å². The summed E-state index contributed by atoms with van der Waals surface area (Å²) in [6.45, 7) is 4.56. The van der Waals surface area contributed by atoms with E-state index in [0.717, 1.165) is 116 Å². The van der Waals surface area contributed by atoms with Crippen molar-refractivity contribution in [2.75, 3.05) is 47.5 Å². The average molecular weight is 1490 g/mol. The Morgan fingerprint density at radius 3 is 0.748 bits per heavy atom. The maximum absolute atomic E-state index is 13.0. The highest BCUT2D eigenvalue weighted by Crippen LogP contribution is 2.19. The van der Waals surface area contributed by atoms with Gasteiger partial charge in [-0.2, -0.15) is 0 Å². The first-order chi connectivity index (χ1) is 52.6. The summed E-state index contributed by atoms with van der Waals surface area (Å²) in [4.78, 5) is 37.7. The van der Waals surface area contributed by atoms with Crippen molar-refractivity contribution in [3.05, 3.63) is 158 Å². The third kappa shape index (κ3) is 88.0. The predicted molar refractivity (Wildman–Crippen MR) is 462 cm³/mol. The normalized spacial score (nSPS) is 13.4. The van der Waals surface area contributed by atoms with E-state index in [2.05, 4.69) is 172 Å². The van der Waals surface area contributed by atoms with Crippen LogP contribution < -0.4 is 5.11 Å². The minimum atomic E-state index is -1.63. The number of quaternary nitrogens is 1. The molecule has 107 heavy (non-hydrogen) atoms. The molecule has 0 radical (unpaired) electrons. The maximum atomic E-state index is 13.0. The van der Waals surface area contributed by atoms with Crippen LogP contribution in [0.3, 0.4) is 0 Å². The molecule has 0 aromatic rings. The number of carboxylic acid groups (broad SMARTS) is 1. The lowest BCUT2D eigenvalue weighted by atomic mass is 10.0. The van der Waals surface area contributed by atoms with Crippen molar-refractivity contribution in [1.29, 1.82) is 0 Å². The lowest BCUT2D eigenvalue weighted by Crippen LogP contribution is -2.44. The van der Waals surface area contributed by atoms with Crippen LogP contribution in [0, 0.1) is 0 Å². The van der Waals surface area contributed by atoms with E-state index in [9.17, 15) is 19.5 Å². The van der Waals surface area contributed by atoms with Crippen LogP contribution in [0.5, 0.6) is 0 Å². The minimum Gasteiger partial charge on any atom is -0.545 e. The third-order valence-corrected chi connectivity index (χ3v) is 19.3. The van der Waals surface area contributed by atoms with Gasteiger partial charge in [-0.05, 0) is 122 Å². The van der Waals surface area contributed by atoms with Crippen molar-refractivity contribution >= 4 is 17.9 Å². The molecule has 612 valence electrons. The summed E-state index contributed by atoms with van der Waals surface area (Å²) in [6, 6.07) is 0. The van der Waals surface area contributed by atoms with Crippen LogP contribution in [0.1, 0.15) is 386 Å². The zero-order valence-corrected chi connectivity index (χ0v) is 70.2. The average Bonchev–Trinajstić information content (AvgIpc) is 0.965. The molecule has 0 amide bonds. The smallest absolute Gasteiger partial charge is 0.306 e. The molecule has 0 aliphatic heterocycles. The lowest BCUT2D eigenvalue weighted by Gasteiger charge is -2.26. The summed E-state index contributed by atoms with van der Waals surface area (Å²) in [5.74, 6) is -2.26. The number of ether oxygens (including phenoxy) is 4. The van der Waals surface area contributed by atoms with Gasteiger partial charge in [-0.3, -0.25) is 9.59 Å². The van der Waals surface area contributed by atoms with Crippen molar-refractivity contribution < 1.29 is 42.9 Å². The van der Waals surface area contributed by atoms with E-state index in [1.54, 1.807) is 0 Å². The molecule has 0 saturated carbocycles. The van der Waals surface area contributed by atoms with Gasteiger partial charge in [0.05, 0.1) is 40.3 Å². The number of unbranched alkanes of at least 4 members (excludes halogenated alkanes) is 41. The molecule has 0 aliphatic carbocycles. The highest BCUT2D eigenvalue weighted by atomic mass is 16.7. The molecule has 2 atom stereocenters. The van der Waals surface area contributed by atoms with Gasteiger partial charge >= 0.3 is 11.9 Å². The van der Waals surface area contributed by atoms with Crippen LogP contribution in [-0.2, 0) is 33.3 Å². The van der Waals surface area contributed by atoms with Crippen LogP contribution in [0.2, 0.25) is 0 Å². The number of carbonyl (C=O) groups excluding carboxylic acids is 3. The van der Waals surface area contributed by atoms with Gasteiger partial charge in [0.15, 0.2) is 12.4 Å². The van der Waals surface area contributed by atoms with Crippen LogP contribution in [0.4, 0.5) is 0 Å². The summed E-state index contributed by atoms with van der Waals surface area (Å²) >= 11 is 0. The Bertz CT molecular complexity index is 2340. The molecular weight excluding hydrogens is 1320 g/mol. The first-order valence-corrected chi connectivity index (χ1v) is 44.6. The van der Waals surface area contributed by atoms with E-state index in [-0.39, 0.29) is 32.2 Å². The van der Waals surface area contributed by atoms with Crippen molar-refractivity contribution in [2.45, 2.75) is 399 Å². The number of hydrogen-bond acceptors (Lipinski definition) is 8. The highest BCUT2D eigenvalue weighted by molar-refractivity contribution is 5.70. The summed E-state index contributed by atoms with van der Waals surface area (Å²) in [6.07, 6.45) is 125. The number of hydrogen-bond donors (Lipinski definition) is 0. The molecule has 0 fully saturated rings. The molecule has 0 spiro atoms. The van der Waals surface area contributed by atoms with Gasteiger partial charge in [0.1, 0.15) is 13.2 Å². The van der Waals surface area contributed by atoms with Crippen molar-refractivity contribution in [2.24, 2.45) is 0 Å². The number of likely N-dealkylation sites (N-methyl/N-ethyl adjacent to an activating group) is 1. The molecular formula is C98H167NO8. The van der Waals surface area contributed by atoms with Gasteiger partial charge in [-0.15, -0.1) is 0 Å². The van der Waals surface area contributed by atoms with Crippen molar-refractivity contribution in [3.8, 4) is 0 Å². The zero-order valence-electron chi connectivity index (χ0n) is 70.2. The Morgan fingerprint density at radius 2 is 0.505 bits per heavy atom. The van der Waals surface area contributed by atoms with Gasteiger partial charge in [-0.25, -0.2) is 0 Å². The second-order valence-electron chi connectivity index (χ2n) is 30.8. The number of carbonyl (C=O) groups is 3. The molecule has 0 aliphatic rings. The number of esters is 2. The number of allylic oxidation sites excluding steroid dienone is 26. The van der Waals surface area contributed by atoms with Gasteiger partial charge in [0, 0.05) is 12.8 Å². The molecule has 0 aromatic carbocycles. The van der Waals surface area contributed by atoms with Gasteiger partial charge in [-0.1, -0.05) is 409 Å². The fraction of sp³-hybridized carbons (Fsp3) is 0.704. The highest BCUT2D eigenvalue weighted by Gasteiger charge is 2.22. The van der Waals surface area contributed by atoms with E-state index in [0.29, 0.717) is 23.9 Å². The minimum absolute atomic E-state index is 0.146. The lowest BCUT2D eigenvalue weighted by molar-refractivity contribution is -0.870. The molecule has 0 N–H and O–H groups in total. The molecule has 0 heterocycles. The molecule has 0 bridgehead atoms. The summed E-state index contributed by atoms with van der Waals surface area (Å²) < 4.78 is 22.9. The fourth-order valence-corrected chi connectivity index (χ4v) is 12.6. The second kappa shape index (κ2) is 86.5. The molecule has 9 nitrogen and oxygen atoms in total. The van der Waals surface area contributed by atoms with Crippen molar-refractivity contribution in [1.82, 2.24) is 0 Å². The molecule has 0 aromatic heterocycles. The van der Waals surface area contributed by atoms with Crippen molar-refractivity contribution in [3.63, 3.8) is 0 Å². The van der Waals surface area contributed by atoms with Gasteiger partial charge < -0.3 is 33.3 Å². The largest absolute Gasteiger partial charge is 0.545 e. The Kier molecular flexibility index (Phi) is 82.4. The van der Waals surface area contributed by atoms with E-state index in [1.807, 2.05) is 21.1 Å². The summed E-state index contributed by atoms with van der Waals surface area (Å²) in [5.41, 5.74) is 0. The van der Waals surface area contributed by atoms with E-state index in [1.165, 1.54) is 238 Å². The Hall–Kier alpha value is -5.09. The maximum Gasteiger partial charge on any atom is 0.306 e. The second-order valence-corrected chi connectivity index (χ2v) is 30.8. The van der Waals surface area contributed by atoms with Crippen LogP contribution in [-0.4, -0.2) is 82.3 Å². The van der Waals surface area contributed by atoms with Gasteiger partial charge in [0.25, 0.3) is 0 Å². The Labute approximate surface area is 661 Å². The SMILES string of the molecule is CC/C=C\C/C=C\C/C=C\C/C=C\C/C=C\C/C=C\C/C=C\CCCCCCCCCCCCCCCCCCCCCC(=O)OC(COC(=O)CCCCCCCCCCCCCCCCCCCCCCCC/C=C\C/C=C\C/C=C\C/C=C\C/C=C\C/C=C\CC)COC(OCC[N+](C)(C)C)C(=O)[O-]. The summed E-state index contributed by atoms with van der Waals surface area (Å²) in [5, 5.41) is 11.9. The predicted octanol–water partition coefficient (Wildman–Crippen LogP) is 28.2. The molecule has 0 saturated heterocycles. The number of aliphatic carboxylic acids is 1. The van der Waals surface area contributed by atoms with E-state index >= 15 is 0 Å².